The van der Waals surface area contributed by atoms with Gasteiger partial charge in [0.05, 0.1) is 29.1 Å². The number of carbonyl (C=O) groups excluding carboxylic acids is 2. The molecule has 1 aromatic heterocycles. The van der Waals surface area contributed by atoms with E-state index in [0.717, 1.165) is 35.4 Å². The Hall–Kier alpha value is -3.88. The van der Waals surface area contributed by atoms with Crippen LogP contribution in [-0.4, -0.2) is 89.4 Å². The number of nitrogens with zero attached hydrogens (tertiary/aromatic N) is 7. The number of benzene rings is 1. The van der Waals surface area contributed by atoms with Crippen LogP contribution in [0.25, 0.3) is 5.70 Å². The number of carbonyl (C=O) groups is 2. The van der Waals surface area contributed by atoms with Gasteiger partial charge in [0.15, 0.2) is 0 Å². The lowest BCUT2D eigenvalue weighted by molar-refractivity contribution is -0.128. The summed E-state index contributed by atoms with van der Waals surface area (Å²) in [6.07, 6.45) is 8.09. The van der Waals surface area contributed by atoms with Crippen molar-refractivity contribution in [3.05, 3.63) is 65.2 Å². The zero-order valence-electron chi connectivity index (χ0n) is 20.2. The topological polar surface area (TPSA) is 94.4 Å². The molecule has 2 amide bonds. The Kier molecular flexibility index (Phi) is 6.15. The molecule has 0 aliphatic carbocycles. The van der Waals surface area contributed by atoms with E-state index in [2.05, 4.69) is 24.9 Å². The molecule has 9 heteroatoms. The highest BCUT2D eigenvalue weighted by molar-refractivity contribution is 6.07. The molecule has 9 nitrogen and oxygen atoms in total. The highest BCUT2D eigenvalue weighted by Gasteiger charge is 2.44. The van der Waals surface area contributed by atoms with Crippen molar-refractivity contribution in [3.63, 3.8) is 0 Å². The maximum absolute atomic E-state index is 13.9. The first-order valence-electron chi connectivity index (χ1n) is 11.9. The Morgan fingerprint density at radius 1 is 1.03 bits per heavy atom. The molecule has 35 heavy (non-hydrogen) atoms. The zero-order chi connectivity index (χ0) is 24.5. The number of aliphatic imine (C=N–C) groups is 2. The van der Waals surface area contributed by atoms with Gasteiger partial charge in [-0.05, 0) is 18.4 Å². The third kappa shape index (κ3) is 4.22. The van der Waals surface area contributed by atoms with E-state index in [9.17, 15) is 9.59 Å². The van der Waals surface area contributed by atoms with Crippen LogP contribution in [-0.2, 0) is 4.79 Å². The summed E-state index contributed by atoms with van der Waals surface area (Å²) in [6.45, 7) is 1.27. The molecule has 0 saturated carbocycles. The van der Waals surface area contributed by atoms with Crippen LogP contribution in [0.2, 0.25) is 0 Å². The van der Waals surface area contributed by atoms with Crippen LogP contribution >= 0.6 is 0 Å². The van der Waals surface area contributed by atoms with Gasteiger partial charge in [0.2, 0.25) is 0 Å². The van der Waals surface area contributed by atoms with E-state index >= 15 is 0 Å². The standard InChI is InChI=1S/C26H29N7O2/c1-31(2)25(34)21-15-28-20(14-29-21)17-9-11-33(12-10-17)26(35)22-19-13-27-16-30-24(19)32(3)23(22)18-7-5-4-6-8-18/h4-8,13-17,19,24H,9-12H2,1-3H3. The lowest BCUT2D eigenvalue weighted by Crippen LogP contribution is -2.41. The summed E-state index contributed by atoms with van der Waals surface area (Å²) in [5.41, 5.74) is 3.89. The molecule has 5 rings (SSSR count). The second kappa shape index (κ2) is 9.40. The van der Waals surface area contributed by atoms with Crippen LogP contribution in [0.15, 0.2) is 58.3 Å². The Labute approximate surface area is 204 Å². The minimum absolute atomic E-state index is 0.0446. The molecule has 180 valence electrons. The predicted octanol–water partition coefficient (Wildman–Crippen LogP) is 2.30. The van der Waals surface area contributed by atoms with E-state index in [1.165, 1.54) is 4.90 Å². The van der Waals surface area contributed by atoms with Crippen LogP contribution in [0.1, 0.15) is 40.5 Å². The third-order valence-electron chi connectivity index (χ3n) is 6.97. The fraction of sp³-hybridized carbons (Fsp3) is 0.385. The Morgan fingerprint density at radius 2 is 1.77 bits per heavy atom. The molecule has 4 heterocycles. The van der Waals surface area contributed by atoms with Gasteiger partial charge in [-0.1, -0.05) is 30.3 Å². The van der Waals surface area contributed by atoms with Crippen molar-refractivity contribution < 1.29 is 9.59 Å². The average molecular weight is 472 g/mol. The van der Waals surface area contributed by atoms with Gasteiger partial charge in [-0.2, -0.15) is 0 Å². The number of aromatic nitrogens is 2. The molecule has 1 saturated heterocycles. The van der Waals surface area contributed by atoms with Gasteiger partial charge in [-0.25, -0.2) is 15.0 Å². The highest BCUT2D eigenvalue weighted by atomic mass is 16.2. The molecule has 3 aliphatic rings. The monoisotopic (exact) mass is 471 g/mol. The maximum atomic E-state index is 13.9. The smallest absolute Gasteiger partial charge is 0.273 e. The Bertz CT molecular complexity index is 1200. The van der Waals surface area contributed by atoms with E-state index in [4.69, 9.17) is 0 Å². The van der Waals surface area contributed by atoms with Crippen molar-refractivity contribution >= 4 is 30.1 Å². The normalized spacial score (nSPS) is 21.9. The number of rotatable bonds is 4. The first kappa shape index (κ1) is 22.9. The molecule has 2 atom stereocenters. The minimum Gasteiger partial charge on any atom is -0.351 e. The second-order valence-electron chi connectivity index (χ2n) is 9.33. The van der Waals surface area contributed by atoms with Crippen LogP contribution in [0.5, 0.6) is 0 Å². The summed E-state index contributed by atoms with van der Waals surface area (Å²) in [7, 11) is 5.38. The first-order chi connectivity index (χ1) is 17.0. The lowest BCUT2D eigenvalue weighted by atomic mass is 9.91. The Balaban J connectivity index is 1.34. The van der Waals surface area contributed by atoms with Gasteiger partial charge in [-0.15, -0.1) is 0 Å². The van der Waals surface area contributed by atoms with Crippen molar-refractivity contribution in [1.29, 1.82) is 0 Å². The summed E-state index contributed by atoms with van der Waals surface area (Å²) >= 11 is 0. The van der Waals surface area contributed by atoms with Gasteiger partial charge in [0.25, 0.3) is 11.8 Å². The molecular formula is C26H29N7O2. The second-order valence-corrected chi connectivity index (χ2v) is 9.33. The highest BCUT2D eigenvalue weighted by Crippen LogP contribution is 2.41. The fourth-order valence-electron chi connectivity index (χ4n) is 5.09. The quantitative estimate of drug-likeness (QED) is 0.682. The molecule has 0 radical (unpaired) electrons. The molecule has 2 unspecified atom stereocenters. The molecule has 0 N–H and O–H groups in total. The average Bonchev–Trinajstić information content (AvgIpc) is 3.21. The molecular weight excluding hydrogens is 442 g/mol. The van der Waals surface area contributed by atoms with Crippen molar-refractivity contribution in [2.45, 2.75) is 24.9 Å². The fourth-order valence-corrected chi connectivity index (χ4v) is 5.09. The van der Waals surface area contributed by atoms with Crippen LogP contribution < -0.4 is 0 Å². The van der Waals surface area contributed by atoms with E-state index < -0.39 is 0 Å². The number of hydrogen-bond acceptors (Lipinski definition) is 7. The van der Waals surface area contributed by atoms with Crippen LogP contribution in [0.3, 0.4) is 0 Å². The summed E-state index contributed by atoms with van der Waals surface area (Å²) in [6, 6.07) is 10.0. The summed E-state index contributed by atoms with van der Waals surface area (Å²) in [5.74, 6) is -0.0823. The summed E-state index contributed by atoms with van der Waals surface area (Å²) in [4.78, 5) is 49.1. The van der Waals surface area contributed by atoms with Crippen molar-refractivity contribution in [3.8, 4) is 0 Å². The number of amides is 2. The number of likely N-dealkylation sites (tertiary alicyclic amines) is 1. The number of hydrogen-bond donors (Lipinski definition) is 0. The van der Waals surface area contributed by atoms with Crippen LogP contribution in [0, 0.1) is 5.92 Å². The Morgan fingerprint density at radius 3 is 2.43 bits per heavy atom. The lowest BCUT2D eigenvalue weighted by Gasteiger charge is -2.33. The first-order valence-corrected chi connectivity index (χ1v) is 11.9. The van der Waals surface area contributed by atoms with Crippen molar-refractivity contribution in [1.82, 2.24) is 24.7 Å². The van der Waals surface area contributed by atoms with Gasteiger partial charge in [0.1, 0.15) is 18.2 Å². The van der Waals surface area contributed by atoms with E-state index in [1.807, 2.05) is 48.5 Å². The van der Waals surface area contributed by atoms with Gasteiger partial charge >= 0.3 is 0 Å². The molecule has 0 spiro atoms. The van der Waals surface area contributed by atoms with Gasteiger partial charge in [-0.3, -0.25) is 14.6 Å². The zero-order valence-corrected chi connectivity index (χ0v) is 20.2. The summed E-state index contributed by atoms with van der Waals surface area (Å²) in [5, 5.41) is 0. The van der Waals surface area contributed by atoms with E-state index in [1.54, 1.807) is 32.8 Å². The van der Waals surface area contributed by atoms with Gasteiger partial charge < -0.3 is 14.7 Å². The molecule has 1 aromatic carbocycles. The van der Waals surface area contributed by atoms with E-state index in [-0.39, 0.29) is 29.8 Å². The number of piperidine rings is 1. The van der Waals surface area contributed by atoms with E-state index in [0.29, 0.717) is 18.8 Å². The van der Waals surface area contributed by atoms with Crippen molar-refractivity contribution in [2.75, 3.05) is 34.2 Å². The molecule has 2 aromatic rings. The van der Waals surface area contributed by atoms with Crippen molar-refractivity contribution in [2.24, 2.45) is 15.9 Å². The SMILES string of the molecule is CN(C)C(=O)c1cnc(C2CCN(C(=O)C3=C(c4ccccc4)N(C)C4N=CN=CC34)CC2)cn1. The van der Waals surface area contributed by atoms with Crippen LogP contribution in [0.4, 0.5) is 0 Å². The largest absolute Gasteiger partial charge is 0.351 e. The third-order valence-corrected chi connectivity index (χ3v) is 6.97. The molecule has 1 fully saturated rings. The summed E-state index contributed by atoms with van der Waals surface area (Å²) < 4.78 is 0. The van der Waals surface area contributed by atoms with Gasteiger partial charge in [0, 0.05) is 52.6 Å². The minimum atomic E-state index is -0.168. The maximum Gasteiger partial charge on any atom is 0.273 e. The molecule has 3 aliphatic heterocycles. The predicted molar refractivity (Wildman–Crippen MR) is 134 cm³/mol. The molecule has 0 bridgehead atoms. The number of fused-ring (bicyclic) bond motifs is 1.